The van der Waals surface area contributed by atoms with Crippen molar-refractivity contribution < 1.29 is 9.90 Å². The van der Waals surface area contributed by atoms with Gasteiger partial charge in [0, 0.05) is 13.1 Å². The Morgan fingerprint density at radius 3 is 2.38 bits per heavy atom. The fraction of sp³-hybridized carbons (Fsp3) is 0.350. The first-order chi connectivity index (χ1) is 11.7. The van der Waals surface area contributed by atoms with Crippen LogP contribution < -0.4 is 5.32 Å². The van der Waals surface area contributed by atoms with Crippen molar-refractivity contribution in [2.75, 3.05) is 13.1 Å². The lowest BCUT2D eigenvalue weighted by atomic mass is 10.0. The van der Waals surface area contributed by atoms with E-state index in [1.807, 2.05) is 12.1 Å². The van der Waals surface area contributed by atoms with E-state index in [-0.39, 0.29) is 11.7 Å². The molecule has 0 spiro atoms. The number of phenols is 1. The van der Waals surface area contributed by atoms with Gasteiger partial charge in [-0.3, -0.25) is 9.69 Å². The zero-order valence-corrected chi connectivity index (χ0v) is 13.9. The highest BCUT2D eigenvalue weighted by atomic mass is 16.3. The minimum Gasteiger partial charge on any atom is -0.507 e. The summed E-state index contributed by atoms with van der Waals surface area (Å²) in [6, 6.07) is 14.9. The largest absolute Gasteiger partial charge is 0.507 e. The Kier molecular flexibility index (Phi) is 5.49. The monoisotopic (exact) mass is 324 g/mol. The molecule has 3 rings (SSSR count). The molecule has 4 nitrogen and oxygen atoms in total. The van der Waals surface area contributed by atoms with Crippen LogP contribution in [0.4, 0.5) is 0 Å². The number of rotatable bonds is 5. The lowest BCUT2D eigenvalue weighted by Crippen LogP contribution is -2.30. The molecule has 1 saturated heterocycles. The van der Waals surface area contributed by atoms with Crippen LogP contribution in [-0.4, -0.2) is 29.0 Å². The predicted octanol–water partition coefficient (Wildman–Crippen LogP) is 3.31. The lowest BCUT2D eigenvalue weighted by molar-refractivity contribution is 0.0948. The molecule has 0 aromatic heterocycles. The number of para-hydroxylation sites is 1. The van der Waals surface area contributed by atoms with Crippen molar-refractivity contribution in [2.24, 2.45) is 0 Å². The molecule has 126 valence electrons. The highest BCUT2D eigenvalue weighted by Gasteiger charge is 2.14. The van der Waals surface area contributed by atoms with Gasteiger partial charge in [-0.2, -0.15) is 0 Å². The first kappa shape index (κ1) is 16.5. The van der Waals surface area contributed by atoms with Crippen molar-refractivity contribution >= 4 is 5.91 Å². The molecule has 0 unspecified atom stereocenters. The van der Waals surface area contributed by atoms with Crippen molar-refractivity contribution in [1.29, 1.82) is 0 Å². The number of benzene rings is 2. The Morgan fingerprint density at radius 2 is 1.62 bits per heavy atom. The van der Waals surface area contributed by atoms with E-state index in [1.165, 1.54) is 30.9 Å². The average molecular weight is 324 g/mol. The van der Waals surface area contributed by atoms with Crippen LogP contribution >= 0.6 is 0 Å². The van der Waals surface area contributed by atoms with Gasteiger partial charge in [0.25, 0.3) is 5.91 Å². The molecule has 0 aliphatic carbocycles. The molecule has 0 bridgehead atoms. The summed E-state index contributed by atoms with van der Waals surface area (Å²) >= 11 is 0. The van der Waals surface area contributed by atoms with Crippen LogP contribution in [0.5, 0.6) is 5.75 Å². The number of likely N-dealkylation sites (tertiary alicyclic amines) is 1. The maximum absolute atomic E-state index is 12.3. The fourth-order valence-electron chi connectivity index (χ4n) is 3.18. The van der Waals surface area contributed by atoms with E-state index in [0.29, 0.717) is 12.1 Å². The van der Waals surface area contributed by atoms with Crippen LogP contribution in [0, 0.1) is 0 Å². The molecule has 1 amide bonds. The van der Waals surface area contributed by atoms with Gasteiger partial charge >= 0.3 is 0 Å². The average Bonchev–Trinajstić information content (AvgIpc) is 2.62. The fourth-order valence-corrected chi connectivity index (χ4v) is 3.18. The molecular formula is C20H24N2O2. The van der Waals surface area contributed by atoms with Gasteiger partial charge in [-0.15, -0.1) is 0 Å². The van der Waals surface area contributed by atoms with Crippen molar-refractivity contribution in [3.63, 3.8) is 0 Å². The Labute approximate surface area is 143 Å². The molecule has 0 saturated carbocycles. The third-order valence-corrected chi connectivity index (χ3v) is 4.55. The van der Waals surface area contributed by atoms with Crippen molar-refractivity contribution in [2.45, 2.75) is 32.4 Å². The minimum absolute atomic E-state index is 0.0107. The number of piperidine rings is 1. The van der Waals surface area contributed by atoms with Gasteiger partial charge < -0.3 is 10.4 Å². The number of hydrogen-bond donors (Lipinski definition) is 2. The van der Waals surface area contributed by atoms with E-state index in [9.17, 15) is 9.90 Å². The number of nitrogens with zero attached hydrogens (tertiary/aromatic N) is 1. The number of aromatic hydroxyl groups is 1. The maximum atomic E-state index is 12.3. The summed E-state index contributed by atoms with van der Waals surface area (Å²) in [6.07, 6.45) is 3.87. The lowest BCUT2D eigenvalue weighted by Gasteiger charge is -2.27. The van der Waals surface area contributed by atoms with Crippen LogP contribution in [0.1, 0.15) is 40.7 Å². The second-order valence-electron chi connectivity index (χ2n) is 6.31. The van der Waals surface area contributed by atoms with Crippen LogP contribution in [0.3, 0.4) is 0 Å². The van der Waals surface area contributed by atoms with Gasteiger partial charge in [-0.25, -0.2) is 0 Å². The third-order valence-electron chi connectivity index (χ3n) is 4.55. The van der Waals surface area contributed by atoms with E-state index in [1.54, 1.807) is 18.2 Å². The molecule has 1 aliphatic heterocycles. The summed E-state index contributed by atoms with van der Waals surface area (Å²) in [5.41, 5.74) is 2.70. The maximum Gasteiger partial charge on any atom is 0.255 e. The number of nitrogens with one attached hydrogen (secondary N) is 1. The van der Waals surface area contributed by atoms with E-state index in [4.69, 9.17) is 0 Å². The normalized spacial score (nSPS) is 15.2. The quantitative estimate of drug-likeness (QED) is 0.887. The summed E-state index contributed by atoms with van der Waals surface area (Å²) in [6.45, 7) is 3.71. The SMILES string of the molecule is O=C(NCc1ccccc1CN1CCCCC1)c1ccccc1O. The second-order valence-corrected chi connectivity index (χ2v) is 6.31. The van der Waals surface area contributed by atoms with Crippen LogP contribution in [0.15, 0.2) is 48.5 Å². The van der Waals surface area contributed by atoms with E-state index in [2.05, 4.69) is 22.3 Å². The second kappa shape index (κ2) is 7.97. The van der Waals surface area contributed by atoms with Gasteiger partial charge in [0.2, 0.25) is 0 Å². The molecule has 2 N–H and O–H groups in total. The highest BCUT2D eigenvalue weighted by molar-refractivity contribution is 5.96. The summed E-state index contributed by atoms with van der Waals surface area (Å²) in [7, 11) is 0. The minimum atomic E-state index is -0.249. The van der Waals surface area contributed by atoms with Crippen LogP contribution in [0.2, 0.25) is 0 Å². The third kappa shape index (κ3) is 4.15. The Hall–Kier alpha value is -2.33. The van der Waals surface area contributed by atoms with Gasteiger partial charge in [0.1, 0.15) is 5.75 Å². The Balaban J connectivity index is 1.64. The van der Waals surface area contributed by atoms with Gasteiger partial charge in [0.05, 0.1) is 5.56 Å². The standard InChI is InChI=1S/C20H24N2O2/c23-19-11-5-4-10-18(19)20(24)21-14-16-8-2-3-9-17(16)15-22-12-6-1-7-13-22/h2-5,8-11,23H,1,6-7,12-15H2,(H,21,24). The number of phenolic OH excluding ortho intramolecular Hbond substituents is 1. The zero-order valence-electron chi connectivity index (χ0n) is 13.9. The molecular weight excluding hydrogens is 300 g/mol. The predicted molar refractivity (Wildman–Crippen MR) is 94.8 cm³/mol. The number of carbonyl (C=O) groups is 1. The molecule has 2 aromatic carbocycles. The molecule has 1 fully saturated rings. The van der Waals surface area contributed by atoms with Gasteiger partial charge in [-0.1, -0.05) is 42.8 Å². The molecule has 1 aliphatic rings. The van der Waals surface area contributed by atoms with E-state index in [0.717, 1.165) is 25.2 Å². The molecule has 24 heavy (non-hydrogen) atoms. The van der Waals surface area contributed by atoms with E-state index < -0.39 is 0 Å². The van der Waals surface area contributed by atoms with Crippen LogP contribution in [-0.2, 0) is 13.1 Å². The van der Waals surface area contributed by atoms with E-state index >= 15 is 0 Å². The molecule has 4 heteroatoms. The van der Waals surface area contributed by atoms with Gasteiger partial charge in [-0.05, 0) is 49.2 Å². The summed E-state index contributed by atoms with van der Waals surface area (Å²) in [5.74, 6) is -0.238. The first-order valence-electron chi connectivity index (χ1n) is 8.59. The number of carbonyl (C=O) groups excluding carboxylic acids is 1. The first-order valence-corrected chi connectivity index (χ1v) is 8.59. The topological polar surface area (TPSA) is 52.6 Å². The van der Waals surface area contributed by atoms with Crippen molar-refractivity contribution in [1.82, 2.24) is 10.2 Å². The van der Waals surface area contributed by atoms with Gasteiger partial charge in [0.15, 0.2) is 0 Å². The number of amides is 1. The Bertz CT molecular complexity index is 694. The summed E-state index contributed by atoms with van der Waals surface area (Å²) in [4.78, 5) is 14.7. The molecule has 0 atom stereocenters. The smallest absolute Gasteiger partial charge is 0.255 e. The van der Waals surface area contributed by atoms with Crippen LogP contribution in [0.25, 0.3) is 0 Å². The van der Waals surface area contributed by atoms with Crippen molar-refractivity contribution in [3.8, 4) is 5.75 Å². The Morgan fingerprint density at radius 1 is 0.958 bits per heavy atom. The highest BCUT2D eigenvalue weighted by Crippen LogP contribution is 2.18. The number of hydrogen-bond acceptors (Lipinski definition) is 3. The summed E-state index contributed by atoms with van der Waals surface area (Å²) in [5, 5.41) is 12.7. The molecule has 1 heterocycles. The summed E-state index contributed by atoms with van der Waals surface area (Å²) < 4.78 is 0. The molecule has 0 radical (unpaired) electrons. The zero-order chi connectivity index (χ0) is 16.8. The van der Waals surface area contributed by atoms with Crippen molar-refractivity contribution in [3.05, 3.63) is 65.2 Å². The molecule has 2 aromatic rings.